The quantitative estimate of drug-likeness (QED) is 0.905. The third-order valence-corrected chi connectivity index (χ3v) is 4.47. The number of carbonyl (C=O) groups is 1. The zero-order chi connectivity index (χ0) is 14.2. The number of hydrogen-bond acceptors (Lipinski definition) is 2. The Hall–Kier alpha value is -1.35. The number of benzene rings is 1. The molecule has 1 aliphatic rings. The van der Waals surface area contributed by atoms with Crippen molar-refractivity contribution in [2.75, 3.05) is 13.1 Å². The summed E-state index contributed by atoms with van der Waals surface area (Å²) in [4.78, 5) is 13.3. The molecule has 3 nitrogen and oxygen atoms in total. The van der Waals surface area contributed by atoms with Crippen molar-refractivity contribution in [2.24, 2.45) is 11.8 Å². The van der Waals surface area contributed by atoms with Crippen LogP contribution in [0.15, 0.2) is 18.2 Å². The molecule has 1 aromatic carbocycles. The Balaban J connectivity index is 2.01. The van der Waals surface area contributed by atoms with Crippen molar-refractivity contribution < 1.29 is 9.90 Å². The van der Waals surface area contributed by atoms with E-state index in [9.17, 15) is 4.79 Å². The number of carboxylic acids is 1. The minimum atomic E-state index is -0.677. The Kier molecular flexibility index (Phi) is 3.95. The summed E-state index contributed by atoms with van der Waals surface area (Å²) in [5.41, 5.74) is 3.96. The van der Waals surface area contributed by atoms with Gasteiger partial charge in [-0.2, -0.15) is 0 Å². The van der Waals surface area contributed by atoms with Gasteiger partial charge in [0.25, 0.3) is 0 Å². The predicted octanol–water partition coefficient (Wildman–Crippen LogP) is 3.02. The molecule has 1 heterocycles. The fourth-order valence-corrected chi connectivity index (χ4v) is 2.79. The first-order valence-electron chi connectivity index (χ1n) is 6.94. The average molecular weight is 261 g/mol. The van der Waals surface area contributed by atoms with E-state index < -0.39 is 5.97 Å². The molecule has 1 aliphatic heterocycles. The molecule has 2 unspecified atom stereocenters. The van der Waals surface area contributed by atoms with E-state index in [2.05, 4.69) is 43.9 Å². The fraction of sp³-hybridized carbons (Fsp3) is 0.562. The molecule has 0 bridgehead atoms. The summed E-state index contributed by atoms with van der Waals surface area (Å²) in [6.07, 6.45) is 0. The van der Waals surface area contributed by atoms with E-state index >= 15 is 0 Å². The van der Waals surface area contributed by atoms with Crippen LogP contribution in [0.3, 0.4) is 0 Å². The molecular weight excluding hydrogens is 238 g/mol. The van der Waals surface area contributed by atoms with E-state index in [1.165, 1.54) is 16.7 Å². The number of hydrogen-bond donors (Lipinski definition) is 1. The fourth-order valence-electron chi connectivity index (χ4n) is 2.79. The van der Waals surface area contributed by atoms with Gasteiger partial charge in [0.1, 0.15) is 0 Å². The summed E-state index contributed by atoms with van der Waals surface area (Å²) in [5, 5.41) is 9.02. The van der Waals surface area contributed by atoms with E-state index in [-0.39, 0.29) is 5.92 Å². The smallest absolute Gasteiger partial charge is 0.306 e. The summed E-state index contributed by atoms with van der Waals surface area (Å²) in [6.45, 7) is 10.1. The molecule has 19 heavy (non-hydrogen) atoms. The van der Waals surface area contributed by atoms with Gasteiger partial charge in [-0.15, -0.1) is 0 Å². The van der Waals surface area contributed by atoms with Gasteiger partial charge in [-0.1, -0.05) is 30.7 Å². The maximum atomic E-state index is 11.0. The summed E-state index contributed by atoms with van der Waals surface area (Å²) in [6, 6.07) is 6.92. The number of carboxylic acid groups (broad SMARTS) is 1. The van der Waals surface area contributed by atoms with Crippen molar-refractivity contribution in [3.8, 4) is 0 Å². The number of likely N-dealkylation sites (tertiary alicyclic amines) is 1. The lowest BCUT2D eigenvalue weighted by atomic mass is 9.84. The Labute approximate surface area is 115 Å². The molecule has 3 heteroatoms. The van der Waals surface area contributed by atoms with Gasteiger partial charge in [0.2, 0.25) is 0 Å². The summed E-state index contributed by atoms with van der Waals surface area (Å²) >= 11 is 0. The van der Waals surface area contributed by atoms with Crippen molar-refractivity contribution in [3.63, 3.8) is 0 Å². The number of aliphatic carboxylic acids is 1. The lowest BCUT2D eigenvalue weighted by molar-refractivity contribution is -0.146. The summed E-state index contributed by atoms with van der Waals surface area (Å²) < 4.78 is 0. The van der Waals surface area contributed by atoms with Crippen LogP contribution < -0.4 is 0 Å². The molecule has 1 aromatic rings. The monoisotopic (exact) mass is 261 g/mol. The van der Waals surface area contributed by atoms with Gasteiger partial charge in [0.15, 0.2) is 0 Å². The Morgan fingerprint density at radius 3 is 2.53 bits per heavy atom. The lowest BCUT2D eigenvalue weighted by Crippen LogP contribution is -2.51. The van der Waals surface area contributed by atoms with Crippen molar-refractivity contribution >= 4 is 5.97 Å². The van der Waals surface area contributed by atoms with E-state index in [1.54, 1.807) is 0 Å². The lowest BCUT2D eigenvalue weighted by Gasteiger charge is -2.45. The number of nitrogens with zero attached hydrogens (tertiary/aromatic N) is 1. The summed E-state index contributed by atoms with van der Waals surface area (Å²) in [5.74, 6) is -0.615. The zero-order valence-electron chi connectivity index (χ0n) is 12.2. The van der Waals surface area contributed by atoms with Crippen LogP contribution in [0, 0.1) is 25.7 Å². The molecule has 0 spiro atoms. The normalized spacial score (nSPS) is 19.8. The molecule has 1 saturated heterocycles. The number of rotatable bonds is 4. The Morgan fingerprint density at radius 2 is 1.95 bits per heavy atom. The molecule has 1 fully saturated rings. The highest BCUT2D eigenvalue weighted by molar-refractivity contribution is 5.70. The Morgan fingerprint density at radius 1 is 1.32 bits per heavy atom. The van der Waals surface area contributed by atoms with Gasteiger partial charge in [-0.3, -0.25) is 9.69 Å². The highest BCUT2D eigenvalue weighted by Crippen LogP contribution is 2.33. The van der Waals surface area contributed by atoms with Gasteiger partial charge in [0, 0.05) is 19.1 Å². The second-order valence-corrected chi connectivity index (χ2v) is 5.88. The molecule has 0 aromatic heterocycles. The molecule has 104 valence electrons. The zero-order valence-corrected chi connectivity index (χ0v) is 12.2. The molecule has 1 N–H and O–H groups in total. The van der Waals surface area contributed by atoms with Crippen molar-refractivity contribution in [2.45, 2.75) is 33.7 Å². The van der Waals surface area contributed by atoms with Crippen LogP contribution in [0.1, 0.15) is 36.6 Å². The Bertz CT molecular complexity index is 478. The second kappa shape index (κ2) is 5.33. The van der Waals surface area contributed by atoms with E-state index in [1.807, 2.05) is 6.92 Å². The highest BCUT2D eigenvalue weighted by atomic mass is 16.4. The molecule has 2 atom stereocenters. The van der Waals surface area contributed by atoms with Gasteiger partial charge in [-0.05, 0) is 37.8 Å². The molecule has 0 amide bonds. The maximum Gasteiger partial charge on any atom is 0.306 e. The van der Waals surface area contributed by atoms with E-state index in [0.29, 0.717) is 12.0 Å². The topological polar surface area (TPSA) is 40.5 Å². The first-order chi connectivity index (χ1) is 8.90. The van der Waals surface area contributed by atoms with E-state index in [0.717, 1.165) is 13.1 Å². The SMILES string of the molecule is Cc1ccc(C)c(C(C)N2CC(C(C)C(=O)O)C2)c1. The van der Waals surface area contributed by atoms with Gasteiger partial charge >= 0.3 is 5.97 Å². The third kappa shape index (κ3) is 2.81. The largest absolute Gasteiger partial charge is 0.481 e. The van der Waals surface area contributed by atoms with Crippen LogP contribution >= 0.6 is 0 Å². The third-order valence-electron chi connectivity index (χ3n) is 4.47. The predicted molar refractivity (Wildman–Crippen MR) is 76.2 cm³/mol. The second-order valence-electron chi connectivity index (χ2n) is 5.88. The minimum absolute atomic E-state index is 0.234. The number of aryl methyl sites for hydroxylation is 2. The van der Waals surface area contributed by atoms with Crippen molar-refractivity contribution in [1.82, 2.24) is 4.90 Å². The highest BCUT2D eigenvalue weighted by Gasteiger charge is 2.37. The van der Waals surface area contributed by atoms with E-state index in [4.69, 9.17) is 5.11 Å². The van der Waals surface area contributed by atoms with Crippen LogP contribution in [-0.4, -0.2) is 29.1 Å². The first-order valence-corrected chi connectivity index (χ1v) is 6.94. The van der Waals surface area contributed by atoms with Crippen LogP contribution in [0.25, 0.3) is 0 Å². The van der Waals surface area contributed by atoms with Crippen LogP contribution in [0.4, 0.5) is 0 Å². The van der Waals surface area contributed by atoms with Crippen molar-refractivity contribution in [3.05, 3.63) is 34.9 Å². The van der Waals surface area contributed by atoms with Crippen LogP contribution in [-0.2, 0) is 4.79 Å². The standard InChI is InChI=1S/C16H23NO2/c1-10-5-6-11(2)15(7-10)13(4)17-8-14(9-17)12(3)16(18)19/h5-7,12-14H,8-9H2,1-4H3,(H,18,19). The van der Waals surface area contributed by atoms with Crippen LogP contribution in [0.2, 0.25) is 0 Å². The summed E-state index contributed by atoms with van der Waals surface area (Å²) in [7, 11) is 0. The first kappa shape index (κ1) is 14.1. The van der Waals surface area contributed by atoms with Gasteiger partial charge < -0.3 is 5.11 Å². The minimum Gasteiger partial charge on any atom is -0.481 e. The van der Waals surface area contributed by atoms with Gasteiger partial charge in [0.05, 0.1) is 5.92 Å². The molecule has 0 radical (unpaired) electrons. The average Bonchev–Trinajstić information content (AvgIpc) is 2.29. The molecule has 0 saturated carbocycles. The van der Waals surface area contributed by atoms with Crippen molar-refractivity contribution in [1.29, 1.82) is 0 Å². The van der Waals surface area contributed by atoms with Crippen LogP contribution in [0.5, 0.6) is 0 Å². The maximum absolute atomic E-state index is 11.0. The molecule has 2 rings (SSSR count). The molecule has 0 aliphatic carbocycles. The molecular formula is C16H23NO2. The van der Waals surface area contributed by atoms with Gasteiger partial charge in [-0.25, -0.2) is 0 Å².